The Morgan fingerprint density at radius 1 is 1.14 bits per heavy atom. The molecule has 0 saturated heterocycles. The molecule has 9 nitrogen and oxygen atoms in total. The molecule has 3 N–H and O–H groups in total. The molecule has 1 aliphatic rings. The molecule has 0 aliphatic carbocycles. The molecule has 5 rings (SSSR count). The van der Waals surface area contributed by atoms with Gasteiger partial charge >= 0.3 is 6.18 Å². The number of benzene rings is 2. The van der Waals surface area contributed by atoms with Gasteiger partial charge in [0, 0.05) is 35.3 Å². The normalized spacial score (nSPS) is 17.5. The van der Waals surface area contributed by atoms with Gasteiger partial charge < -0.3 is 25.2 Å². The number of carbonyl (C=O) groups excluding carboxylic acids is 2. The molecule has 4 aromatic rings. The SMILES string of the molecule is CNC(=O)[C@@]1(C)COc2c1cc(C(O)(CNC(=O)c1cc(OC)c3ncccc3c1)C(F)(F)F)nc2-c1ccc(F)cc1. The van der Waals surface area contributed by atoms with Crippen molar-refractivity contribution in [3.05, 3.63) is 83.4 Å². The van der Waals surface area contributed by atoms with Gasteiger partial charge in [0.05, 0.1) is 19.3 Å². The number of pyridine rings is 2. The van der Waals surface area contributed by atoms with Crippen LogP contribution in [0.25, 0.3) is 22.2 Å². The molecule has 2 aromatic heterocycles. The average Bonchev–Trinajstić information content (AvgIpc) is 3.35. The lowest BCUT2D eigenvalue weighted by Crippen LogP contribution is -2.52. The lowest BCUT2D eigenvalue weighted by Gasteiger charge is -2.31. The predicted octanol–water partition coefficient (Wildman–Crippen LogP) is 4.02. The lowest BCUT2D eigenvalue weighted by molar-refractivity contribution is -0.265. The molecule has 1 unspecified atom stereocenters. The smallest absolute Gasteiger partial charge is 0.424 e. The van der Waals surface area contributed by atoms with E-state index in [2.05, 4.69) is 20.6 Å². The van der Waals surface area contributed by atoms with Crippen LogP contribution in [0.5, 0.6) is 11.5 Å². The Labute approximate surface area is 242 Å². The maximum Gasteiger partial charge on any atom is 0.424 e. The third-order valence-electron chi connectivity index (χ3n) is 7.47. The van der Waals surface area contributed by atoms with Crippen molar-refractivity contribution in [1.82, 2.24) is 20.6 Å². The Hall–Kier alpha value is -4.78. The first kappa shape index (κ1) is 29.7. The zero-order chi connectivity index (χ0) is 31.2. The molecule has 13 heteroatoms. The minimum absolute atomic E-state index is 0.0203. The van der Waals surface area contributed by atoms with Crippen LogP contribution in [0, 0.1) is 5.82 Å². The summed E-state index contributed by atoms with van der Waals surface area (Å²) in [6.07, 6.45) is -3.81. The second-order valence-corrected chi connectivity index (χ2v) is 10.2. The number of alkyl halides is 3. The van der Waals surface area contributed by atoms with Crippen molar-refractivity contribution in [2.24, 2.45) is 0 Å². The summed E-state index contributed by atoms with van der Waals surface area (Å²) in [7, 11) is 2.73. The minimum atomic E-state index is -5.34. The molecule has 0 saturated carbocycles. The lowest BCUT2D eigenvalue weighted by atomic mass is 9.81. The van der Waals surface area contributed by atoms with Gasteiger partial charge in [-0.2, -0.15) is 13.2 Å². The van der Waals surface area contributed by atoms with E-state index in [1.165, 1.54) is 51.5 Å². The van der Waals surface area contributed by atoms with E-state index in [1.54, 1.807) is 12.1 Å². The van der Waals surface area contributed by atoms with E-state index in [0.29, 0.717) is 10.9 Å². The number of methoxy groups -OCH3 is 1. The highest BCUT2D eigenvalue weighted by atomic mass is 19.4. The van der Waals surface area contributed by atoms with E-state index < -0.39 is 47.1 Å². The van der Waals surface area contributed by atoms with Crippen LogP contribution in [-0.4, -0.2) is 60.4 Å². The predicted molar refractivity (Wildman–Crippen MR) is 147 cm³/mol. The van der Waals surface area contributed by atoms with E-state index in [1.807, 2.05) is 0 Å². The van der Waals surface area contributed by atoms with E-state index in [0.717, 1.165) is 18.2 Å². The number of hydrogen-bond donors (Lipinski definition) is 3. The average molecular weight is 599 g/mol. The second kappa shape index (κ2) is 10.8. The molecule has 1 aliphatic heterocycles. The number of nitrogens with zero attached hydrogens (tertiary/aromatic N) is 2. The first-order chi connectivity index (χ1) is 20.3. The van der Waals surface area contributed by atoms with Crippen molar-refractivity contribution in [2.75, 3.05) is 27.3 Å². The second-order valence-electron chi connectivity index (χ2n) is 10.2. The van der Waals surface area contributed by atoms with Crippen molar-refractivity contribution < 1.29 is 41.7 Å². The zero-order valence-corrected chi connectivity index (χ0v) is 23.2. The maximum absolute atomic E-state index is 14.7. The van der Waals surface area contributed by atoms with Crippen LogP contribution in [0.3, 0.4) is 0 Å². The fourth-order valence-corrected chi connectivity index (χ4v) is 4.95. The Kier molecular flexibility index (Phi) is 7.46. The molecule has 0 fully saturated rings. The zero-order valence-electron chi connectivity index (χ0n) is 23.2. The van der Waals surface area contributed by atoms with Gasteiger partial charge in [-0.15, -0.1) is 0 Å². The van der Waals surface area contributed by atoms with Gasteiger partial charge in [-0.1, -0.05) is 6.07 Å². The largest absolute Gasteiger partial charge is 0.494 e. The van der Waals surface area contributed by atoms with Gasteiger partial charge in [-0.25, -0.2) is 9.37 Å². The number of aromatic nitrogens is 2. The summed E-state index contributed by atoms with van der Waals surface area (Å²) in [4.78, 5) is 34.3. The van der Waals surface area contributed by atoms with Crippen LogP contribution in [-0.2, 0) is 15.8 Å². The molecule has 0 spiro atoms. The summed E-state index contributed by atoms with van der Waals surface area (Å²) >= 11 is 0. The van der Waals surface area contributed by atoms with Crippen LogP contribution in [0.2, 0.25) is 0 Å². The molecule has 3 heterocycles. The fourth-order valence-electron chi connectivity index (χ4n) is 4.95. The summed E-state index contributed by atoms with van der Waals surface area (Å²) in [5, 5.41) is 16.4. The number of nitrogens with one attached hydrogen (secondary N) is 2. The number of rotatable bonds is 7. The molecular formula is C30H26F4N4O5. The van der Waals surface area contributed by atoms with Crippen LogP contribution < -0.4 is 20.1 Å². The van der Waals surface area contributed by atoms with Gasteiger partial charge in [-0.3, -0.25) is 14.6 Å². The summed E-state index contributed by atoms with van der Waals surface area (Å²) in [6.45, 7) is -0.0671. The third-order valence-corrected chi connectivity index (χ3v) is 7.47. The van der Waals surface area contributed by atoms with Crippen LogP contribution >= 0.6 is 0 Å². The number of fused-ring (bicyclic) bond motifs is 2. The highest BCUT2D eigenvalue weighted by molar-refractivity contribution is 6.00. The minimum Gasteiger partial charge on any atom is -0.494 e. The number of carbonyl (C=O) groups is 2. The van der Waals surface area contributed by atoms with Crippen molar-refractivity contribution in [3.63, 3.8) is 0 Å². The van der Waals surface area contributed by atoms with Crippen molar-refractivity contribution in [1.29, 1.82) is 0 Å². The van der Waals surface area contributed by atoms with Crippen LogP contribution in [0.1, 0.15) is 28.5 Å². The van der Waals surface area contributed by atoms with Crippen molar-refractivity contribution in [2.45, 2.75) is 24.1 Å². The quantitative estimate of drug-likeness (QED) is 0.275. The number of ether oxygens (including phenoxy) is 2. The fraction of sp³-hybridized carbons (Fsp3) is 0.267. The van der Waals surface area contributed by atoms with E-state index in [9.17, 15) is 32.3 Å². The number of halogens is 4. The van der Waals surface area contributed by atoms with Gasteiger partial charge in [0.2, 0.25) is 11.5 Å². The molecular weight excluding hydrogens is 572 g/mol. The number of hydrogen-bond acceptors (Lipinski definition) is 7. The van der Waals surface area contributed by atoms with Gasteiger partial charge in [0.1, 0.15) is 40.5 Å². The van der Waals surface area contributed by atoms with E-state index in [4.69, 9.17) is 9.47 Å². The van der Waals surface area contributed by atoms with E-state index >= 15 is 0 Å². The Morgan fingerprint density at radius 2 is 1.86 bits per heavy atom. The van der Waals surface area contributed by atoms with Crippen molar-refractivity contribution >= 4 is 22.7 Å². The highest BCUT2D eigenvalue weighted by Gasteiger charge is 2.57. The molecule has 224 valence electrons. The van der Waals surface area contributed by atoms with Crippen LogP contribution in [0.4, 0.5) is 17.6 Å². The maximum atomic E-state index is 14.7. The molecule has 43 heavy (non-hydrogen) atoms. The monoisotopic (exact) mass is 598 g/mol. The number of amides is 2. The summed E-state index contributed by atoms with van der Waals surface area (Å²) in [6, 6.07) is 11.7. The van der Waals surface area contributed by atoms with Gasteiger partial charge in [0.15, 0.2) is 0 Å². The molecule has 0 radical (unpaired) electrons. The van der Waals surface area contributed by atoms with Crippen molar-refractivity contribution in [3.8, 4) is 22.8 Å². The van der Waals surface area contributed by atoms with E-state index in [-0.39, 0.29) is 40.5 Å². The third kappa shape index (κ3) is 5.09. The number of likely N-dealkylation sites (N-methyl/N-ethyl adjacent to an activating group) is 1. The highest BCUT2D eigenvalue weighted by Crippen LogP contribution is 2.48. The molecule has 0 bridgehead atoms. The molecule has 2 aromatic carbocycles. The van der Waals surface area contributed by atoms with Crippen LogP contribution in [0.15, 0.2) is 60.8 Å². The summed E-state index contributed by atoms with van der Waals surface area (Å²) in [5.41, 5.74) is -5.53. The Bertz CT molecular complexity index is 1730. The first-order valence-corrected chi connectivity index (χ1v) is 13.0. The molecule has 2 amide bonds. The standard InChI is InChI=1S/C30H26F4N4O5/c1-28(27(40)35-2)15-43-25-20(28)13-22(38-24(25)16-6-8-19(31)9-7-16)29(41,30(32,33)34)14-37-26(39)18-11-17-5-4-10-36-23(17)21(12-18)42-3/h4-13,41H,14-15H2,1-3H3,(H,35,40)(H,37,39)/t28-,29?/m0/s1. The Morgan fingerprint density at radius 3 is 2.51 bits per heavy atom. The Balaban J connectivity index is 1.60. The molecule has 2 atom stereocenters. The topological polar surface area (TPSA) is 123 Å². The summed E-state index contributed by atoms with van der Waals surface area (Å²) in [5.74, 6) is -1.82. The number of aliphatic hydroxyl groups is 1. The van der Waals surface area contributed by atoms with Gasteiger partial charge in [0.25, 0.3) is 5.91 Å². The first-order valence-electron chi connectivity index (χ1n) is 13.0. The van der Waals surface area contributed by atoms with Gasteiger partial charge in [-0.05, 0) is 55.5 Å². The summed E-state index contributed by atoms with van der Waals surface area (Å²) < 4.78 is 68.8.